The topological polar surface area (TPSA) is 81.9 Å². The first-order valence-electron chi connectivity index (χ1n) is 8.76. The maximum absolute atomic E-state index is 12.4. The van der Waals surface area contributed by atoms with Crippen LogP contribution in [-0.2, 0) is 19.7 Å². The lowest BCUT2D eigenvalue weighted by Crippen LogP contribution is -2.31. The van der Waals surface area contributed by atoms with Gasteiger partial charge in [0.2, 0.25) is 0 Å². The molecule has 3 aromatic rings. The molecule has 0 saturated carbocycles. The van der Waals surface area contributed by atoms with Gasteiger partial charge in [-0.1, -0.05) is 36.5 Å². The maximum Gasteiger partial charge on any atom is 0.330 e. The molecule has 0 atom stereocenters. The monoisotopic (exact) mass is 410 g/mol. The molecule has 0 unspecified atom stereocenters. The number of aromatic amines is 1. The quantitative estimate of drug-likeness (QED) is 0.644. The molecule has 144 valence electrons. The Bertz CT molecular complexity index is 1080. The summed E-state index contributed by atoms with van der Waals surface area (Å²) in [5, 5.41) is 0.902. The molecule has 3 rings (SSSR count). The largest absolute Gasteiger partial charge is 0.484 e. The Hall–Kier alpha value is -2.25. The van der Waals surface area contributed by atoms with Gasteiger partial charge in [0, 0.05) is 18.1 Å². The Balaban J connectivity index is 2.03. The van der Waals surface area contributed by atoms with Crippen molar-refractivity contribution in [3.8, 4) is 5.75 Å². The number of unbranched alkanes of at least 4 members (excludes halogenated alkanes) is 1. The number of hydrogen-bond donors (Lipinski definition) is 1. The zero-order valence-electron chi connectivity index (χ0n) is 15.1. The van der Waals surface area contributed by atoms with Gasteiger partial charge in [-0.15, -0.1) is 0 Å². The van der Waals surface area contributed by atoms with Gasteiger partial charge >= 0.3 is 5.69 Å². The summed E-state index contributed by atoms with van der Waals surface area (Å²) < 4.78 is 9.02. The molecule has 0 amide bonds. The van der Waals surface area contributed by atoms with E-state index in [0.717, 1.165) is 12.8 Å². The van der Waals surface area contributed by atoms with Gasteiger partial charge in [-0.25, -0.2) is 9.78 Å². The lowest BCUT2D eigenvalue weighted by atomic mass is 10.3. The van der Waals surface area contributed by atoms with E-state index >= 15 is 0 Å². The lowest BCUT2D eigenvalue weighted by molar-refractivity contribution is 0.291. The summed E-state index contributed by atoms with van der Waals surface area (Å²) in [5.74, 6) is 1.01. The highest BCUT2D eigenvalue weighted by Gasteiger charge is 2.18. The SMILES string of the molecule is CCCCn1c(=O)[nH]c(=O)c2c1nc(COc1ccc(Cl)cc1Cl)n2CC. The van der Waals surface area contributed by atoms with Gasteiger partial charge in [-0.3, -0.25) is 14.3 Å². The van der Waals surface area contributed by atoms with Crippen molar-refractivity contribution in [3.05, 3.63) is 54.9 Å². The van der Waals surface area contributed by atoms with E-state index in [2.05, 4.69) is 9.97 Å². The summed E-state index contributed by atoms with van der Waals surface area (Å²) in [5.41, 5.74) is -0.156. The molecule has 0 aliphatic carbocycles. The van der Waals surface area contributed by atoms with E-state index in [1.54, 1.807) is 22.8 Å². The molecule has 0 saturated heterocycles. The molecule has 2 aromatic heterocycles. The molecule has 9 heteroatoms. The fourth-order valence-electron chi connectivity index (χ4n) is 2.93. The summed E-state index contributed by atoms with van der Waals surface area (Å²) in [6, 6.07) is 4.95. The highest BCUT2D eigenvalue weighted by molar-refractivity contribution is 6.35. The van der Waals surface area contributed by atoms with Crippen molar-refractivity contribution in [2.45, 2.75) is 46.4 Å². The second kappa shape index (κ2) is 8.19. The third kappa shape index (κ3) is 3.89. The van der Waals surface area contributed by atoms with Crippen LogP contribution < -0.4 is 16.0 Å². The molecular weight excluding hydrogens is 391 g/mol. The summed E-state index contributed by atoms with van der Waals surface area (Å²) in [4.78, 5) is 31.5. The Morgan fingerprint density at radius 1 is 1.19 bits per heavy atom. The van der Waals surface area contributed by atoms with E-state index in [4.69, 9.17) is 27.9 Å². The van der Waals surface area contributed by atoms with Crippen LogP contribution in [0.4, 0.5) is 0 Å². The standard InChI is InChI=1S/C18H20Cl2N4O3/c1-3-5-8-24-16-15(17(25)22-18(24)26)23(4-2)14(21-16)10-27-13-7-6-11(19)9-12(13)20/h6-7,9H,3-5,8,10H2,1-2H3,(H,22,25,26). The van der Waals surface area contributed by atoms with Crippen LogP contribution in [0.15, 0.2) is 27.8 Å². The van der Waals surface area contributed by atoms with Crippen molar-refractivity contribution in [2.75, 3.05) is 0 Å². The Morgan fingerprint density at radius 2 is 1.96 bits per heavy atom. The van der Waals surface area contributed by atoms with Crippen LogP contribution in [0.3, 0.4) is 0 Å². The Kier molecular flexibility index (Phi) is 5.92. The second-order valence-corrected chi connectivity index (χ2v) is 6.92. The summed E-state index contributed by atoms with van der Waals surface area (Å²) in [6.07, 6.45) is 1.73. The molecule has 1 aromatic carbocycles. The number of nitrogens with zero attached hydrogens (tertiary/aromatic N) is 3. The van der Waals surface area contributed by atoms with Crippen LogP contribution in [0.5, 0.6) is 5.75 Å². The highest BCUT2D eigenvalue weighted by atomic mass is 35.5. The summed E-state index contributed by atoms with van der Waals surface area (Å²) >= 11 is 12.0. The molecule has 0 bridgehead atoms. The molecule has 0 spiro atoms. The molecule has 27 heavy (non-hydrogen) atoms. The average Bonchev–Trinajstić information content (AvgIpc) is 2.99. The van der Waals surface area contributed by atoms with Crippen molar-refractivity contribution < 1.29 is 4.74 Å². The van der Waals surface area contributed by atoms with Gasteiger partial charge in [0.25, 0.3) is 5.56 Å². The third-order valence-electron chi connectivity index (χ3n) is 4.27. The highest BCUT2D eigenvalue weighted by Crippen LogP contribution is 2.28. The minimum Gasteiger partial charge on any atom is -0.484 e. The number of aromatic nitrogens is 4. The molecular formula is C18H20Cl2N4O3. The number of H-pyrrole nitrogens is 1. The van der Waals surface area contributed by atoms with Crippen LogP contribution in [0, 0.1) is 0 Å². The number of hydrogen-bond acceptors (Lipinski definition) is 4. The number of aryl methyl sites for hydroxylation is 2. The van der Waals surface area contributed by atoms with Crippen molar-refractivity contribution >= 4 is 34.4 Å². The zero-order valence-corrected chi connectivity index (χ0v) is 16.6. The van der Waals surface area contributed by atoms with E-state index in [-0.39, 0.29) is 6.61 Å². The Labute approximate surface area is 165 Å². The second-order valence-electron chi connectivity index (χ2n) is 6.07. The summed E-state index contributed by atoms with van der Waals surface area (Å²) in [6.45, 7) is 5.05. The smallest absolute Gasteiger partial charge is 0.330 e. The van der Waals surface area contributed by atoms with Crippen molar-refractivity contribution in [3.63, 3.8) is 0 Å². The number of benzene rings is 1. The van der Waals surface area contributed by atoms with E-state index < -0.39 is 11.2 Å². The number of nitrogens with one attached hydrogen (secondary N) is 1. The van der Waals surface area contributed by atoms with Crippen molar-refractivity contribution in [2.24, 2.45) is 0 Å². The van der Waals surface area contributed by atoms with Crippen LogP contribution in [0.1, 0.15) is 32.5 Å². The summed E-state index contributed by atoms with van der Waals surface area (Å²) in [7, 11) is 0. The van der Waals surface area contributed by atoms with Gasteiger partial charge in [0.15, 0.2) is 11.2 Å². The normalized spacial score (nSPS) is 11.3. The zero-order chi connectivity index (χ0) is 19.6. The molecule has 0 fully saturated rings. The minimum atomic E-state index is -0.451. The van der Waals surface area contributed by atoms with Crippen LogP contribution >= 0.6 is 23.2 Å². The van der Waals surface area contributed by atoms with Crippen molar-refractivity contribution in [1.82, 2.24) is 19.1 Å². The van der Waals surface area contributed by atoms with E-state index in [1.807, 2.05) is 13.8 Å². The predicted octanol–water partition coefficient (Wildman–Crippen LogP) is 3.59. The van der Waals surface area contributed by atoms with E-state index in [9.17, 15) is 9.59 Å². The molecule has 0 aliphatic rings. The first-order chi connectivity index (χ1) is 13.0. The number of fused-ring (bicyclic) bond motifs is 1. The lowest BCUT2D eigenvalue weighted by Gasteiger charge is -2.09. The van der Waals surface area contributed by atoms with Crippen LogP contribution in [0.25, 0.3) is 11.2 Å². The van der Waals surface area contributed by atoms with Gasteiger partial charge in [0.05, 0.1) is 5.02 Å². The Morgan fingerprint density at radius 3 is 2.63 bits per heavy atom. The fourth-order valence-corrected chi connectivity index (χ4v) is 3.39. The van der Waals surface area contributed by atoms with Crippen molar-refractivity contribution in [1.29, 1.82) is 0 Å². The minimum absolute atomic E-state index is 0.102. The predicted molar refractivity (Wildman–Crippen MR) is 106 cm³/mol. The molecule has 7 nitrogen and oxygen atoms in total. The van der Waals surface area contributed by atoms with Gasteiger partial charge in [0.1, 0.15) is 18.2 Å². The van der Waals surface area contributed by atoms with Gasteiger partial charge < -0.3 is 9.30 Å². The first-order valence-corrected chi connectivity index (χ1v) is 9.51. The molecule has 0 radical (unpaired) electrons. The average molecular weight is 411 g/mol. The third-order valence-corrected chi connectivity index (χ3v) is 4.80. The fraction of sp³-hybridized carbons (Fsp3) is 0.389. The van der Waals surface area contributed by atoms with Gasteiger partial charge in [-0.2, -0.15) is 0 Å². The number of imidazole rings is 1. The van der Waals surface area contributed by atoms with E-state index in [0.29, 0.717) is 45.9 Å². The van der Waals surface area contributed by atoms with Crippen LogP contribution in [0.2, 0.25) is 10.0 Å². The molecule has 0 aliphatic heterocycles. The van der Waals surface area contributed by atoms with Gasteiger partial charge in [-0.05, 0) is 31.5 Å². The molecule has 1 N–H and O–H groups in total. The number of ether oxygens (including phenoxy) is 1. The molecule has 2 heterocycles. The maximum atomic E-state index is 12.4. The number of halogens is 2. The first kappa shape index (κ1) is 19.5. The van der Waals surface area contributed by atoms with Crippen LogP contribution in [-0.4, -0.2) is 19.1 Å². The van der Waals surface area contributed by atoms with E-state index in [1.165, 1.54) is 4.57 Å². The number of rotatable bonds is 7.